The van der Waals surface area contributed by atoms with Crippen LogP contribution >= 0.6 is 0 Å². The summed E-state index contributed by atoms with van der Waals surface area (Å²) in [7, 11) is 0. The number of aromatic nitrogens is 2. The fourth-order valence-electron chi connectivity index (χ4n) is 3.20. The van der Waals surface area contributed by atoms with Crippen molar-refractivity contribution in [2.24, 2.45) is 0 Å². The molecule has 4 aromatic rings. The standard InChI is InChI=1S/C13H13NO5.C11H9NO5.Li.H2O/c1-2-18-12(17)6-5-11-14-13-8(7-15)9(16)3-4-10(13)19-11;13-5-6-7(14)1-2-8-11(6)12-9(17-8)3-4-10(15)16;;/h3-4,7,16H,2,5-6H2,1H3;1-2,5,14H,3-4H2,(H,15,16);;1H2/q;;+1;/p-1. The molecule has 0 saturated carbocycles. The molecule has 0 bridgehead atoms. The van der Waals surface area contributed by atoms with E-state index >= 15 is 0 Å². The van der Waals surface area contributed by atoms with Crippen LogP contribution in [0.15, 0.2) is 33.1 Å². The number of nitrogens with zero attached hydrogens (tertiary/aromatic N) is 2. The zero-order valence-corrected chi connectivity index (χ0v) is 20.5. The summed E-state index contributed by atoms with van der Waals surface area (Å²) in [6, 6.07) is 5.71. The first-order valence-electron chi connectivity index (χ1n) is 10.8. The number of phenolic OH excluding ortho intramolecular Hbond substituents is 2. The maximum atomic E-state index is 11.2. The van der Waals surface area contributed by atoms with Crippen LogP contribution in [0.1, 0.15) is 52.3 Å². The number of rotatable bonds is 9. The third-order valence-corrected chi connectivity index (χ3v) is 4.88. The van der Waals surface area contributed by atoms with Crippen LogP contribution in [-0.2, 0) is 27.2 Å². The number of benzene rings is 2. The van der Waals surface area contributed by atoms with Gasteiger partial charge in [0.05, 0.1) is 30.6 Å². The van der Waals surface area contributed by atoms with Crippen LogP contribution in [0.3, 0.4) is 0 Å². The van der Waals surface area contributed by atoms with Gasteiger partial charge in [-0.1, -0.05) is 0 Å². The second-order valence-electron chi connectivity index (χ2n) is 7.34. The van der Waals surface area contributed by atoms with E-state index in [1.165, 1.54) is 24.3 Å². The number of aryl methyl sites for hydroxylation is 2. The number of hydrogen-bond donors (Lipinski definition) is 3. The van der Waals surface area contributed by atoms with E-state index in [2.05, 4.69) is 9.97 Å². The Hall–Kier alpha value is -4.18. The molecule has 0 aliphatic rings. The SMILES string of the molecule is CCOC(=O)CCc1nc2c(C=O)c(O)ccc2o1.O=Cc1c(O)ccc2oc(CCC(=O)O)nc12.[Li+].[OH-]. The van der Waals surface area contributed by atoms with Gasteiger partial charge in [0.2, 0.25) is 0 Å². The van der Waals surface area contributed by atoms with Gasteiger partial charge in [-0.25, -0.2) is 9.97 Å². The maximum absolute atomic E-state index is 11.2. The van der Waals surface area contributed by atoms with Gasteiger partial charge in [-0.3, -0.25) is 19.2 Å². The van der Waals surface area contributed by atoms with Crippen molar-refractivity contribution in [3.8, 4) is 11.5 Å². The fourth-order valence-corrected chi connectivity index (χ4v) is 3.20. The molecule has 4 rings (SSSR count). The van der Waals surface area contributed by atoms with E-state index in [-0.39, 0.29) is 90.0 Å². The summed E-state index contributed by atoms with van der Waals surface area (Å²) in [4.78, 5) is 51.4. The number of carboxylic acids is 1. The predicted molar refractivity (Wildman–Crippen MR) is 125 cm³/mol. The second kappa shape index (κ2) is 14.5. The summed E-state index contributed by atoms with van der Waals surface area (Å²) in [5, 5.41) is 27.5. The first-order valence-corrected chi connectivity index (χ1v) is 10.8. The van der Waals surface area contributed by atoms with Crippen LogP contribution in [0, 0.1) is 0 Å². The van der Waals surface area contributed by atoms with Crippen molar-refractivity contribution >= 4 is 46.7 Å². The molecule has 14 heteroatoms. The van der Waals surface area contributed by atoms with Crippen molar-refractivity contribution in [3.05, 3.63) is 47.2 Å². The predicted octanol–water partition coefficient (Wildman–Crippen LogP) is 0.0319. The van der Waals surface area contributed by atoms with Crippen LogP contribution in [0.4, 0.5) is 0 Å². The van der Waals surface area contributed by atoms with Crippen molar-refractivity contribution in [1.29, 1.82) is 0 Å². The molecule has 0 radical (unpaired) electrons. The quantitative estimate of drug-likeness (QED) is 0.150. The normalized spacial score (nSPS) is 10.0. The number of carbonyl (C=O) groups excluding carboxylic acids is 3. The number of esters is 1. The summed E-state index contributed by atoms with van der Waals surface area (Å²) in [6.45, 7) is 2.06. The van der Waals surface area contributed by atoms with Crippen LogP contribution in [0.2, 0.25) is 0 Å². The second-order valence-corrected chi connectivity index (χ2v) is 7.34. The molecule has 13 nitrogen and oxygen atoms in total. The Labute approximate surface area is 226 Å². The Morgan fingerprint density at radius 1 is 0.868 bits per heavy atom. The minimum atomic E-state index is -0.953. The van der Waals surface area contributed by atoms with Crippen LogP contribution in [0.5, 0.6) is 11.5 Å². The van der Waals surface area contributed by atoms with E-state index < -0.39 is 5.97 Å². The maximum Gasteiger partial charge on any atom is 1.00 e. The molecule has 0 unspecified atom stereocenters. The molecular formula is C24H23LiN2O11. The number of aldehydes is 2. The van der Waals surface area contributed by atoms with Crippen LogP contribution in [-0.4, -0.2) is 61.9 Å². The number of oxazole rings is 2. The Kier molecular flexibility index (Phi) is 12.2. The molecule has 0 amide bonds. The summed E-state index contributed by atoms with van der Waals surface area (Å²) < 4.78 is 15.5. The van der Waals surface area contributed by atoms with Gasteiger partial charge in [0.15, 0.2) is 35.5 Å². The van der Waals surface area contributed by atoms with Crippen molar-refractivity contribution in [1.82, 2.24) is 9.97 Å². The fraction of sp³-hybridized carbons (Fsp3) is 0.250. The van der Waals surface area contributed by atoms with Gasteiger partial charge >= 0.3 is 30.8 Å². The van der Waals surface area contributed by atoms with Crippen LogP contribution in [0.25, 0.3) is 22.2 Å². The molecule has 0 aliphatic heterocycles. The van der Waals surface area contributed by atoms with E-state index in [1.54, 1.807) is 6.92 Å². The molecule has 4 N–H and O–H groups in total. The Morgan fingerprint density at radius 3 is 1.71 bits per heavy atom. The molecule has 2 aromatic carbocycles. The van der Waals surface area contributed by atoms with E-state index in [4.69, 9.17) is 18.7 Å². The zero-order valence-electron chi connectivity index (χ0n) is 20.5. The first kappa shape index (κ1) is 31.8. The minimum absolute atomic E-state index is 0. The number of ether oxygens (including phenoxy) is 1. The summed E-state index contributed by atoms with van der Waals surface area (Å²) in [5.41, 5.74) is 1.44. The van der Waals surface area contributed by atoms with Crippen molar-refractivity contribution in [3.63, 3.8) is 0 Å². The van der Waals surface area contributed by atoms with Gasteiger partial charge < -0.3 is 34.4 Å². The van der Waals surface area contributed by atoms with Gasteiger partial charge in [0, 0.05) is 12.8 Å². The van der Waals surface area contributed by atoms with Crippen molar-refractivity contribution in [2.75, 3.05) is 6.61 Å². The number of carboxylic acid groups (broad SMARTS) is 1. The zero-order chi connectivity index (χ0) is 26.2. The number of hydrogen-bond acceptors (Lipinski definition) is 12. The summed E-state index contributed by atoms with van der Waals surface area (Å²) >= 11 is 0. The van der Waals surface area contributed by atoms with E-state index in [0.29, 0.717) is 41.8 Å². The number of fused-ring (bicyclic) bond motifs is 2. The Morgan fingerprint density at radius 2 is 1.32 bits per heavy atom. The number of phenols is 2. The number of aliphatic carboxylic acids is 1. The topological polar surface area (TPSA) is 220 Å². The van der Waals surface area contributed by atoms with Gasteiger partial charge in [0.25, 0.3) is 0 Å². The molecule has 0 atom stereocenters. The molecule has 2 heterocycles. The van der Waals surface area contributed by atoms with Gasteiger partial charge in [-0.05, 0) is 31.2 Å². The molecule has 38 heavy (non-hydrogen) atoms. The van der Waals surface area contributed by atoms with Crippen molar-refractivity contribution in [2.45, 2.75) is 32.6 Å². The molecular weight excluding hydrogens is 499 g/mol. The largest absolute Gasteiger partial charge is 1.00 e. The van der Waals surface area contributed by atoms with E-state index in [1.807, 2.05) is 0 Å². The number of carbonyl (C=O) groups is 4. The third-order valence-electron chi connectivity index (χ3n) is 4.88. The molecule has 0 fully saturated rings. The van der Waals surface area contributed by atoms with E-state index in [9.17, 15) is 29.4 Å². The summed E-state index contributed by atoms with van der Waals surface area (Å²) in [6.07, 6.45) is 1.49. The monoisotopic (exact) mass is 522 g/mol. The first-order chi connectivity index (χ1) is 17.3. The number of aromatic hydroxyl groups is 2. The Bertz CT molecular complexity index is 1430. The van der Waals surface area contributed by atoms with E-state index in [0.717, 1.165) is 0 Å². The van der Waals surface area contributed by atoms with Crippen molar-refractivity contribution < 1.29 is 72.4 Å². The average Bonchev–Trinajstić information content (AvgIpc) is 3.46. The summed E-state index contributed by atoms with van der Waals surface area (Å²) in [5.74, 6) is -1.04. The molecule has 0 aliphatic carbocycles. The average molecular weight is 522 g/mol. The van der Waals surface area contributed by atoms with Gasteiger partial charge in [0.1, 0.15) is 22.5 Å². The molecule has 196 valence electrons. The third kappa shape index (κ3) is 7.66. The molecule has 0 saturated heterocycles. The molecule has 0 spiro atoms. The Balaban J connectivity index is 0.000000363. The minimum Gasteiger partial charge on any atom is -0.870 e. The van der Waals surface area contributed by atoms with Gasteiger partial charge in [-0.15, -0.1) is 0 Å². The smallest absolute Gasteiger partial charge is 0.870 e. The van der Waals surface area contributed by atoms with Crippen LogP contribution < -0.4 is 18.9 Å². The van der Waals surface area contributed by atoms with Gasteiger partial charge in [-0.2, -0.15) is 0 Å². The molecule has 2 aromatic heterocycles.